The Morgan fingerprint density at radius 2 is 1.67 bits per heavy atom. The van der Waals surface area contributed by atoms with E-state index in [2.05, 4.69) is 13.0 Å². The van der Waals surface area contributed by atoms with Crippen LogP contribution in [-0.2, 0) is 9.31 Å². The Morgan fingerprint density at radius 3 is 2.40 bits per heavy atom. The van der Waals surface area contributed by atoms with Crippen LogP contribution in [-0.4, -0.2) is 20.3 Å². The summed E-state index contributed by atoms with van der Waals surface area (Å²) in [6, 6.07) is 0. The van der Waals surface area contributed by atoms with Crippen LogP contribution in [0.25, 0.3) is 0 Å². The van der Waals surface area contributed by atoms with Crippen LogP contribution in [0.5, 0.6) is 0 Å². The molecule has 1 aliphatic rings. The zero-order valence-corrected chi connectivity index (χ0v) is 9.91. The fraction of sp³-hybridized carbons (Fsp3) is 0.833. The number of hydrogen-bond acceptors (Lipinski definition) is 2. The summed E-state index contributed by atoms with van der Waals surface area (Å²) in [6.45, 7) is 3.74. The van der Waals surface area contributed by atoms with E-state index in [0.29, 0.717) is 0 Å². The first-order chi connectivity index (χ1) is 7.43. The van der Waals surface area contributed by atoms with Crippen molar-refractivity contribution in [1.29, 1.82) is 0 Å². The van der Waals surface area contributed by atoms with Crippen molar-refractivity contribution in [2.45, 2.75) is 51.9 Å². The van der Waals surface area contributed by atoms with Crippen molar-refractivity contribution in [3.05, 3.63) is 12.1 Å². The summed E-state index contributed by atoms with van der Waals surface area (Å²) >= 11 is 0. The molecule has 2 nitrogen and oxygen atoms in total. The molecule has 0 saturated carbocycles. The van der Waals surface area contributed by atoms with Gasteiger partial charge in [0.1, 0.15) is 0 Å². The summed E-state index contributed by atoms with van der Waals surface area (Å²) in [4.78, 5) is 0. The molecule has 0 radical (unpaired) electrons. The first-order valence-electron chi connectivity index (χ1n) is 6.33. The van der Waals surface area contributed by atoms with E-state index in [9.17, 15) is 0 Å². The standard InChI is InChI=1S/C12H23BO2/c1-2-3-4-5-6-7-8-9-10-13-14-11-12-15-13/h9-10H,2-8,11-12H2,1H3/b10-9+. The minimum Gasteiger partial charge on any atom is -0.405 e. The van der Waals surface area contributed by atoms with Gasteiger partial charge in [0, 0.05) is 0 Å². The minimum atomic E-state index is -0.0647. The van der Waals surface area contributed by atoms with Gasteiger partial charge >= 0.3 is 7.12 Å². The molecule has 0 atom stereocenters. The fourth-order valence-corrected chi connectivity index (χ4v) is 1.74. The quantitative estimate of drug-likeness (QED) is 0.451. The van der Waals surface area contributed by atoms with Crippen molar-refractivity contribution in [3.8, 4) is 0 Å². The van der Waals surface area contributed by atoms with Crippen molar-refractivity contribution in [3.63, 3.8) is 0 Å². The third-order valence-corrected chi connectivity index (χ3v) is 2.67. The zero-order chi connectivity index (χ0) is 10.8. The van der Waals surface area contributed by atoms with Crippen LogP contribution in [0.2, 0.25) is 0 Å². The van der Waals surface area contributed by atoms with Crippen molar-refractivity contribution >= 4 is 7.12 Å². The number of allylic oxidation sites excluding steroid dienone is 1. The summed E-state index contributed by atoms with van der Waals surface area (Å²) in [7, 11) is -0.0647. The van der Waals surface area contributed by atoms with E-state index in [-0.39, 0.29) is 7.12 Å². The average Bonchev–Trinajstić information content (AvgIpc) is 2.75. The first kappa shape index (κ1) is 12.8. The van der Waals surface area contributed by atoms with Crippen molar-refractivity contribution in [2.24, 2.45) is 0 Å². The van der Waals surface area contributed by atoms with Gasteiger partial charge in [-0.2, -0.15) is 0 Å². The average molecular weight is 210 g/mol. The highest BCUT2D eigenvalue weighted by atomic mass is 16.6. The van der Waals surface area contributed by atoms with E-state index >= 15 is 0 Å². The molecule has 3 heteroatoms. The normalized spacial score (nSPS) is 16.7. The molecule has 15 heavy (non-hydrogen) atoms. The summed E-state index contributed by atoms with van der Waals surface area (Å²) in [6.07, 6.45) is 11.5. The summed E-state index contributed by atoms with van der Waals surface area (Å²) in [5, 5.41) is 0. The van der Waals surface area contributed by atoms with Gasteiger partial charge in [-0.25, -0.2) is 0 Å². The monoisotopic (exact) mass is 210 g/mol. The second kappa shape index (κ2) is 8.99. The van der Waals surface area contributed by atoms with Gasteiger partial charge in [-0.3, -0.25) is 0 Å². The van der Waals surface area contributed by atoms with E-state index in [1.54, 1.807) is 0 Å². The molecule has 0 spiro atoms. The molecule has 0 aromatic carbocycles. The lowest BCUT2D eigenvalue weighted by Crippen LogP contribution is -2.09. The molecule has 0 aromatic heterocycles. The van der Waals surface area contributed by atoms with E-state index in [1.165, 1.54) is 38.5 Å². The molecule has 0 amide bonds. The van der Waals surface area contributed by atoms with Gasteiger partial charge in [0.25, 0.3) is 0 Å². The molecule has 1 rings (SSSR count). The van der Waals surface area contributed by atoms with Crippen molar-refractivity contribution < 1.29 is 9.31 Å². The molecule has 0 aromatic rings. The summed E-state index contributed by atoms with van der Waals surface area (Å²) < 4.78 is 10.6. The molecule has 0 aliphatic carbocycles. The predicted molar refractivity (Wildman–Crippen MR) is 64.8 cm³/mol. The highest BCUT2D eigenvalue weighted by Gasteiger charge is 2.18. The lowest BCUT2D eigenvalue weighted by Gasteiger charge is -1.98. The Bertz CT molecular complexity index is 165. The molecule has 1 saturated heterocycles. The number of rotatable bonds is 8. The highest BCUT2D eigenvalue weighted by molar-refractivity contribution is 6.51. The largest absolute Gasteiger partial charge is 0.485 e. The van der Waals surface area contributed by atoms with Crippen LogP contribution < -0.4 is 0 Å². The van der Waals surface area contributed by atoms with Gasteiger partial charge in [0.05, 0.1) is 13.2 Å². The van der Waals surface area contributed by atoms with Gasteiger partial charge in [-0.1, -0.05) is 51.1 Å². The second-order valence-electron chi connectivity index (χ2n) is 4.09. The molecule has 0 N–H and O–H groups in total. The molecule has 1 fully saturated rings. The van der Waals surface area contributed by atoms with Crippen LogP contribution in [0.3, 0.4) is 0 Å². The number of hydrogen-bond donors (Lipinski definition) is 0. The van der Waals surface area contributed by atoms with Crippen molar-refractivity contribution in [2.75, 3.05) is 13.2 Å². The topological polar surface area (TPSA) is 18.5 Å². The molecule has 1 aliphatic heterocycles. The highest BCUT2D eigenvalue weighted by Crippen LogP contribution is 2.08. The van der Waals surface area contributed by atoms with Crippen molar-refractivity contribution in [1.82, 2.24) is 0 Å². The fourth-order valence-electron chi connectivity index (χ4n) is 1.74. The molecule has 0 bridgehead atoms. The van der Waals surface area contributed by atoms with Crippen LogP contribution >= 0.6 is 0 Å². The Kier molecular flexibility index (Phi) is 7.67. The molecule has 0 unspecified atom stereocenters. The van der Waals surface area contributed by atoms with Crippen LogP contribution in [0.15, 0.2) is 12.1 Å². The van der Waals surface area contributed by atoms with Gasteiger partial charge in [0.15, 0.2) is 0 Å². The van der Waals surface area contributed by atoms with Crippen LogP contribution in [0.4, 0.5) is 0 Å². The third kappa shape index (κ3) is 6.75. The van der Waals surface area contributed by atoms with E-state index in [0.717, 1.165) is 19.6 Å². The summed E-state index contributed by atoms with van der Waals surface area (Å²) in [5.74, 6) is 2.04. The Labute approximate surface area is 94.2 Å². The SMILES string of the molecule is CCCCCCCC/C=C/B1OCCO1. The minimum absolute atomic E-state index is 0.0647. The van der Waals surface area contributed by atoms with Gasteiger partial charge in [0.2, 0.25) is 0 Å². The van der Waals surface area contributed by atoms with Gasteiger partial charge in [-0.15, -0.1) is 0 Å². The molecule has 1 heterocycles. The maximum atomic E-state index is 5.30. The summed E-state index contributed by atoms with van der Waals surface area (Å²) in [5.41, 5.74) is 0. The molecular formula is C12H23BO2. The zero-order valence-electron chi connectivity index (χ0n) is 9.91. The van der Waals surface area contributed by atoms with Crippen LogP contribution in [0.1, 0.15) is 51.9 Å². The Balaban J connectivity index is 1.83. The van der Waals surface area contributed by atoms with E-state index in [4.69, 9.17) is 9.31 Å². The van der Waals surface area contributed by atoms with Gasteiger partial charge < -0.3 is 9.31 Å². The lowest BCUT2D eigenvalue weighted by molar-refractivity contribution is 0.365. The molecular weight excluding hydrogens is 187 g/mol. The second-order valence-corrected chi connectivity index (χ2v) is 4.09. The van der Waals surface area contributed by atoms with E-state index < -0.39 is 0 Å². The Morgan fingerprint density at radius 1 is 1.00 bits per heavy atom. The Hall–Kier alpha value is -0.275. The smallest absolute Gasteiger partial charge is 0.405 e. The first-order valence-corrected chi connectivity index (χ1v) is 6.33. The van der Waals surface area contributed by atoms with E-state index in [1.807, 2.05) is 5.98 Å². The molecule has 86 valence electrons. The maximum Gasteiger partial charge on any atom is 0.485 e. The maximum absolute atomic E-state index is 5.30. The number of unbranched alkanes of at least 4 members (excludes halogenated alkanes) is 6. The van der Waals surface area contributed by atoms with Crippen LogP contribution in [0, 0.1) is 0 Å². The lowest BCUT2D eigenvalue weighted by atomic mass is 9.90. The third-order valence-electron chi connectivity index (χ3n) is 2.67. The van der Waals surface area contributed by atoms with Gasteiger partial charge in [-0.05, 0) is 12.8 Å². The predicted octanol–water partition coefficient (Wildman–Crippen LogP) is 3.37.